The number of carbonyl (C=O) groups is 1. The zero-order valence-electron chi connectivity index (χ0n) is 11.7. The van der Waals surface area contributed by atoms with E-state index in [-0.39, 0.29) is 18.4 Å². The summed E-state index contributed by atoms with van der Waals surface area (Å²) in [5.74, 6) is -0.352. The number of amides is 1. The van der Waals surface area contributed by atoms with Gasteiger partial charge in [0, 0.05) is 19.6 Å². The van der Waals surface area contributed by atoms with Crippen molar-refractivity contribution in [3.8, 4) is 0 Å². The molecule has 6 heteroatoms. The van der Waals surface area contributed by atoms with Crippen molar-refractivity contribution in [3.63, 3.8) is 0 Å². The molecule has 0 spiro atoms. The Hall–Kier alpha value is -1.56. The number of nitrogens with two attached hydrogens (primary N) is 1. The number of alkyl halides is 3. The normalized spacial score (nSPS) is 17.0. The minimum absolute atomic E-state index is 0.00916. The topological polar surface area (TPSA) is 46.3 Å². The molecule has 1 aromatic carbocycles. The first-order chi connectivity index (χ1) is 9.91. The average Bonchev–Trinajstić information content (AvgIpc) is 2.97. The third-order valence-corrected chi connectivity index (χ3v) is 3.81. The fourth-order valence-electron chi connectivity index (χ4n) is 2.58. The van der Waals surface area contributed by atoms with Crippen LogP contribution in [0.15, 0.2) is 24.3 Å². The summed E-state index contributed by atoms with van der Waals surface area (Å²) in [6.07, 6.45) is -1.95. The number of nitrogens with zero attached hydrogens (tertiary/aromatic N) is 1. The van der Waals surface area contributed by atoms with E-state index in [1.54, 1.807) is 4.90 Å². The number of hydrogen-bond donors (Lipinski definition) is 1. The van der Waals surface area contributed by atoms with Crippen molar-refractivity contribution in [2.75, 3.05) is 19.6 Å². The number of halogens is 3. The van der Waals surface area contributed by atoms with E-state index in [9.17, 15) is 18.0 Å². The lowest BCUT2D eigenvalue weighted by atomic mass is 9.97. The van der Waals surface area contributed by atoms with E-state index >= 15 is 0 Å². The smallest absolute Gasteiger partial charge is 0.342 e. The lowest BCUT2D eigenvalue weighted by molar-refractivity contribution is -0.137. The Morgan fingerprint density at radius 1 is 1.19 bits per heavy atom. The van der Waals surface area contributed by atoms with Gasteiger partial charge in [-0.25, -0.2) is 0 Å². The highest BCUT2D eigenvalue weighted by Crippen LogP contribution is 2.29. The molecule has 0 bridgehead atoms. The molecule has 1 aliphatic rings. The van der Waals surface area contributed by atoms with Crippen LogP contribution in [0.4, 0.5) is 13.2 Å². The summed E-state index contributed by atoms with van der Waals surface area (Å²) in [7, 11) is 0. The van der Waals surface area contributed by atoms with Gasteiger partial charge in [-0.15, -0.1) is 0 Å². The van der Waals surface area contributed by atoms with Crippen LogP contribution in [0, 0.1) is 5.92 Å². The molecule has 0 radical (unpaired) electrons. The summed E-state index contributed by atoms with van der Waals surface area (Å²) in [4.78, 5) is 14.1. The maximum absolute atomic E-state index is 12.5. The van der Waals surface area contributed by atoms with Crippen molar-refractivity contribution in [1.29, 1.82) is 0 Å². The van der Waals surface area contributed by atoms with Crippen LogP contribution in [0.1, 0.15) is 24.0 Å². The fourth-order valence-corrected chi connectivity index (χ4v) is 2.58. The molecule has 1 unspecified atom stereocenters. The molecule has 0 aromatic heterocycles. The van der Waals surface area contributed by atoms with E-state index in [4.69, 9.17) is 5.73 Å². The van der Waals surface area contributed by atoms with Crippen LogP contribution in [0.2, 0.25) is 0 Å². The zero-order chi connectivity index (χ0) is 15.5. The second-order valence-corrected chi connectivity index (χ2v) is 5.36. The number of benzene rings is 1. The minimum atomic E-state index is -4.34. The van der Waals surface area contributed by atoms with E-state index in [2.05, 4.69) is 0 Å². The van der Waals surface area contributed by atoms with Crippen molar-refractivity contribution in [2.24, 2.45) is 11.7 Å². The molecule has 0 aliphatic carbocycles. The molecule has 1 amide bonds. The van der Waals surface area contributed by atoms with Gasteiger partial charge >= 0.3 is 6.18 Å². The van der Waals surface area contributed by atoms with E-state index in [0.29, 0.717) is 12.0 Å². The highest BCUT2D eigenvalue weighted by atomic mass is 19.4. The second-order valence-electron chi connectivity index (χ2n) is 5.36. The molecule has 21 heavy (non-hydrogen) atoms. The van der Waals surface area contributed by atoms with E-state index in [1.165, 1.54) is 12.1 Å². The summed E-state index contributed by atoms with van der Waals surface area (Å²) in [5.41, 5.74) is 5.68. The van der Waals surface area contributed by atoms with E-state index in [0.717, 1.165) is 38.1 Å². The molecule has 116 valence electrons. The van der Waals surface area contributed by atoms with Crippen LogP contribution in [0.5, 0.6) is 0 Å². The Balaban J connectivity index is 2.02. The summed E-state index contributed by atoms with van der Waals surface area (Å²) in [5, 5.41) is 0. The third-order valence-electron chi connectivity index (χ3n) is 3.81. The van der Waals surface area contributed by atoms with Gasteiger partial charge in [0.25, 0.3) is 0 Å². The van der Waals surface area contributed by atoms with Gasteiger partial charge in [0.15, 0.2) is 0 Å². The Morgan fingerprint density at radius 2 is 1.76 bits per heavy atom. The van der Waals surface area contributed by atoms with Gasteiger partial charge < -0.3 is 10.6 Å². The highest BCUT2D eigenvalue weighted by molar-refractivity contribution is 5.79. The summed E-state index contributed by atoms with van der Waals surface area (Å²) >= 11 is 0. The van der Waals surface area contributed by atoms with Gasteiger partial charge in [-0.05, 0) is 37.0 Å². The van der Waals surface area contributed by atoms with Crippen molar-refractivity contribution in [2.45, 2.75) is 25.4 Å². The van der Waals surface area contributed by atoms with Gasteiger partial charge in [-0.1, -0.05) is 12.1 Å². The predicted molar refractivity (Wildman–Crippen MR) is 73.5 cm³/mol. The first-order valence-corrected chi connectivity index (χ1v) is 7.07. The number of likely N-dealkylation sites (tertiary alicyclic amines) is 1. The summed E-state index contributed by atoms with van der Waals surface area (Å²) < 4.78 is 37.5. The highest BCUT2D eigenvalue weighted by Gasteiger charge is 2.30. The van der Waals surface area contributed by atoms with Crippen molar-refractivity contribution < 1.29 is 18.0 Å². The zero-order valence-corrected chi connectivity index (χ0v) is 11.7. The van der Waals surface area contributed by atoms with Gasteiger partial charge in [0.05, 0.1) is 11.5 Å². The van der Waals surface area contributed by atoms with Crippen LogP contribution in [-0.4, -0.2) is 30.4 Å². The number of carbonyl (C=O) groups excluding carboxylic acids is 1. The maximum Gasteiger partial charge on any atom is 0.416 e. The Morgan fingerprint density at radius 3 is 2.24 bits per heavy atom. The first-order valence-electron chi connectivity index (χ1n) is 7.07. The monoisotopic (exact) mass is 300 g/mol. The summed E-state index contributed by atoms with van der Waals surface area (Å²) in [6.45, 7) is 1.71. The van der Waals surface area contributed by atoms with Crippen LogP contribution < -0.4 is 5.73 Å². The molecule has 2 N–H and O–H groups in total. The van der Waals surface area contributed by atoms with Gasteiger partial charge in [-0.3, -0.25) is 4.79 Å². The van der Waals surface area contributed by atoms with E-state index in [1.807, 2.05) is 0 Å². The molecule has 3 nitrogen and oxygen atoms in total. The number of rotatable bonds is 4. The maximum atomic E-state index is 12.5. The Kier molecular flexibility index (Phi) is 4.88. The standard InChI is InChI=1S/C15H19F3N2O/c16-15(17,18)13-5-3-11(4-6-13)9-12(10-19)14(21)20-7-1-2-8-20/h3-6,12H,1-2,7-10,19H2. The summed E-state index contributed by atoms with van der Waals surface area (Å²) in [6, 6.07) is 4.93. The quantitative estimate of drug-likeness (QED) is 0.928. The molecule has 0 saturated carbocycles. The Bertz CT molecular complexity index is 479. The van der Waals surface area contributed by atoms with Crippen LogP contribution >= 0.6 is 0 Å². The molecule has 1 aliphatic heterocycles. The van der Waals surface area contributed by atoms with Crippen molar-refractivity contribution >= 4 is 5.91 Å². The van der Waals surface area contributed by atoms with Gasteiger partial charge in [-0.2, -0.15) is 13.2 Å². The lowest BCUT2D eigenvalue weighted by Gasteiger charge is -2.22. The minimum Gasteiger partial charge on any atom is -0.342 e. The van der Waals surface area contributed by atoms with Crippen molar-refractivity contribution in [3.05, 3.63) is 35.4 Å². The molecule has 2 rings (SSSR count). The molecule has 1 fully saturated rings. The van der Waals surface area contributed by atoms with Crippen LogP contribution in [0.3, 0.4) is 0 Å². The number of hydrogen-bond acceptors (Lipinski definition) is 2. The fraction of sp³-hybridized carbons (Fsp3) is 0.533. The molecule has 1 saturated heterocycles. The average molecular weight is 300 g/mol. The molecular formula is C15H19F3N2O. The van der Waals surface area contributed by atoms with Crippen LogP contribution in [-0.2, 0) is 17.4 Å². The van der Waals surface area contributed by atoms with Gasteiger partial charge in [0.2, 0.25) is 5.91 Å². The van der Waals surface area contributed by atoms with Gasteiger partial charge in [0.1, 0.15) is 0 Å². The largest absolute Gasteiger partial charge is 0.416 e. The molecule has 1 heterocycles. The second kappa shape index (κ2) is 6.47. The molecule has 1 aromatic rings. The predicted octanol–water partition coefficient (Wildman–Crippen LogP) is 2.45. The SMILES string of the molecule is NCC(Cc1ccc(C(F)(F)F)cc1)C(=O)N1CCCC1. The Labute approximate surface area is 121 Å². The van der Waals surface area contributed by atoms with Crippen molar-refractivity contribution in [1.82, 2.24) is 4.90 Å². The first kappa shape index (κ1) is 15.8. The molecular weight excluding hydrogens is 281 g/mol. The third kappa shape index (κ3) is 3.97. The van der Waals surface area contributed by atoms with E-state index < -0.39 is 11.7 Å². The lowest BCUT2D eigenvalue weighted by Crippen LogP contribution is -2.38. The van der Waals surface area contributed by atoms with Crippen LogP contribution in [0.25, 0.3) is 0 Å². The molecule has 1 atom stereocenters.